The van der Waals surface area contributed by atoms with E-state index in [0.29, 0.717) is 11.3 Å². The fraction of sp³-hybridized carbons (Fsp3) is 0.222. The Labute approximate surface area is 197 Å². The van der Waals surface area contributed by atoms with Crippen molar-refractivity contribution in [2.75, 3.05) is 18.5 Å². The van der Waals surface area contributed by atoms with Crippen LogP contribution in [0.1, 0.15) is 40.7 Å². The van der Waals surface area contributed by atoms with Gasteiger partial charge in [0.1, 0.15) is 6.61 Å². The molecule has 34 heavy (non-hydrogen) atoms. The number of rotatable bonds is 8. The van der Waals surface area contributed by atoms with Crippen molar-refractivity contribution in [2.24, 2.45) is 5.92 Å². The van der Waals surface area contributed by atoms with Crippen molar-refractivity contribution in [2.45, 2.75) is 19.3 Å². The summed E-state index contributed by atoms with van der Waals surface area (Å²) in [6.45, 7) is 2.19. The molecule has 0 radical (unpaired) electrons. The van der Waals surface area contributed by atoms with Crippen LogP contribution in [-0.4, -0.2) is 36.2 Å². The number of amides is 2. The van der Waals surface area contributed by atoms with E-state index < -0.39 is 12.1 Å². The van der Waals surface area contributed by atoms with Crippen molar-refractivity contribution >= 4 is 23.7 Å². The Bertz CT molecular complexity index is 1180. The quantitative estimate of drug-likeness (QED) is 0.446. The fourth-order valence-electron chi connectivity index (χ4n) is 4.23. The van der Waals surface area contributed by atoms with Crippen molar-refractivity contribution < 1.29 is 24.2 Å². The van der Waals surface area contributed by atoms with Crippen LogP contribution in [0.3, 0.4) is 0 Å². The molecule has 7 nitrogen and oxygen atoms in total. The fourth-order valence-corrected chi connectivity index (χ4v) is 4.23. The molecule has 0 bridgehead atoms. The van der Waals surface area contributed by atoms with Crippen molar-refractivity contribution in [3.05, 3.63) is 89.5 Å². The number of carbonyl (C=O) groups is 3. The first-order valence-electron chi connectivity index (χ1n) is 11.1. The van der Waals surface area contributed by atoms with E-state index in [9.17, 15) is 14.4 Å². The minimum Gasteiger partial charge on any atom is -0.481 e. The molecule has 3 aromatic rings. The summed E-state index contributed by atoms with van der Waals surface area (Å²) < 4.78 is 5.55. The third-order valence-electron chi connectivity index (χ3n) is 5.85. The van der Waals surface area contributed by atoms with Crippen molar-refractivity contribution in [1.29, 1.82) is 0 Å². The topological polar surface area (TPSA) is 105 Å². The van der Waals surface area contributed by atoms with Crippen LogP contribution in [0.15, 0.2) is 72.8 Å². The van der Waals surface area contributed by atoms with Gasteiger partial charge in [-0.3, -0.25) is 14.9 Å². The largest absolute Gasteiger partial charge is 0.481 e. The van der Waals surface area contributed by atoms with Gasteiger partial charge in [-0.2, -0.15) is 0 Å². The average Bonchev–Trinajstić information content (AvgIpc) is 3.15. The molecule has 0 fully saturated rings. The number of anilines is 1. The van der Waals surface area contributed by atoms with Gasteiger partial charge in [-0.25, -0.2) is 4.79 Å². The predicted octanol–water partition coefficient (Wildman–Crippen LogP) is 4.89. The number of carboxylic acids is 1. The zero-order valence-electron chi connectivity index (χ0n) is 18.8. The second-order valence-electron chi connectivity index (χ2n) is 8.44. The molecule has 0 aliphatic heterocycles. The van der Waals surface area contributed by atoms with Crippen molar-refractivity contribution in [3.63, 3.8) is 0 Å². The number of fused-ring (bicyclic) bond motifs is 3. The molecule has 3 aromatic carbocycles. The molecule has 7 heteroatoms. The third-order valence-corrected chi connectivity index (χ3v) is 5.85. The van der Waals surface area contributed by atoms with E-state index in [2.05, 4.69) is 34.9 Å². The Hall–Kier alpha value is -4.13. The van der Waals surface area contributed by atoms with Crippen LogP contribution in [-0.2, 0) is 9.53 Å². The standard InChI is InChI=1S/C27H26N2O5/c1-17(13-25(30)31)15-28-26(32)18-7-6-8-19(14-18)29-27(33)34-16-24-22-11-4-2-9-20(22)21-10-3-5-12-23(21)24/h2-12,14,17,24H,13,15-16H2,1H3,(H,28,32)(H,29,33)(H,30,31). The van der Waals surface area contributed by atoms with Gasteiger partial charge < -0.3 is 15.2 Å². The van der Waals surface area contributed by atoms with E-state index in [1.54, 1.807) is 31.2 Å². The van der Waals surface area contributed by atoms with E-state index in [4.69, 9.17) is 9.84 Å². The first-order chi connectivity index (χ1) is 16.4. The Morgan fingerprint density at radius 2 is 1.59 bits per heavy atom. The number of carboxylic acid groups (broad SMARTS) is 1. The van der Waals surface area contributed by atoms with E-state index in [1.807, 2.05) is 24.3 Å². The molecule has 174 valence electrons. The number of benzene rings is 3. The van der Waals surface area contributed by atoms with E-state index >= 15 is 0 Å². The van der Waals surface area contributed by atoms with Gasteiger partial charge in [-0.1, -0.05) is 61.5 Å². The summed E-state index contributed by atoms with van der Waals surface area (Å²) in [5.41, 5.74) is 5.37. The summed E-state index contributed by atoms with van der Waals surface area (Å²) in [5, 5.41) is 14.2. The normalized spacial score (nSPS) is 12.9. The minimum atomic E-state index is -0.906. The lowest BCUT2D eigenvalue weighted by atomic mass is 9.98. The lowest BCUT2D eigenvalue weighted by Gasteiger charge is -2.15. The maximum Gasteiger partial charge on any atom is 0.411 e. The molecule has 1 aliphatic carbocycles. The lowest BCUT2D eigenvalue weighted by molar-refractivity contribution is -0.137. The molecule has 4 rings (SSSR count). The molecule has 0 saturated heterocycles. The zero-order chi connectivity index (χ0) is 24.1. The SMILES string of the molecule is CC(CNC(=O)c1cccc(NC(=O)OCC2c3ccccc3-c3ccccc32)c1)CC(=O)O. The maximum absolute atomic E-state index is 12.5. The number of nitrogens with one attached hydrogen (secondary N) is 2. The van der Waals surface area contributed by atoms with Crippen LogP contribution in [0.25, 0.3) is 11.1 Å². The maximum atomic E-state index is 12.5. The van der Waals surface area contributed by atoms with Gasteiger partial charge in [0.05, 0.1) is 0 Å². The van der Waals surface area contributed by atoms with E-state index in [0.717, 1.165) is 22.3 Å². The van der Waals surface area contributed by atoms with Crippen LogP contribution in [0.4, 0.5) is 10.5 Å². The van der Waals surface area contributed by atoms with Gasteiger partial charge in [-0.05, 0) is 46.4 Å². The summed E-state index contributed by atoms with van der Waals surface area (Å²) in [6.07, 6.45) is -0.626. The van der Waals surface area contributed by atoms with Crippen LogP contribution in [0.2, 0.25) is 0 Å². The third kappa shape index (κ3) is 5.26. The summed E-state index contributed by atoms with van der Waals surface area (Å²) in [6, 6.07) is 22.7. The van der Waals surface area contributed by atoms with Crippen LogP contribution >= 0.6 is 0 Å². The molecular weight excluding hydrogens is 432 g/mol. The highest BCUT2D eigenvalue weighted by atomic mass is 16.5. The second-order valence-corrected chi connectivity index (χ2v) is 8.44. The van der Waals surface area contributed by atoms with Gasteiger partial charge in [0.2, 0.25) is 0 Å². The average molecular weight is 459 g/mol. The number of hydrogen-bond donors (Lipinski definition) is 3. The van der Waals surface area contributed by atoms with E-state index in [-0.39, 0.29) is 37.3 Å². The molecule has 0 heterocycles. The van der Waals surface area contributed by atoms with Crippen LogP contribution in [0.5, 0.6) is 0 Å². The molecule has 0 saturated carbocycles. The molecule has 1 unspecified atom stereocenters. The minimum absolute atomic E-state index is 0.0241. The zero-order valence-corrected chi connectivity index (χ0v) is 18.8. The summed E-state index contributed by atoms with van der Waals surface area (Å²) in [4.78, 5) is 35.7. The first-order valence-corrected chi connectivity index (χ1v) is 11.1. The Kier molecular flexibility index (Phi) is 6.92. The van der Waals surface area contributed by atoms with Gasteiger partial charge in [0, 0.05) is 30.1 Å². The smallest absolute Gasteiger partial charge is 0.411 e. The summed E-state index contributed by atoms with van der Waals surface area (Å²) >= 11 is 0. The highest BCUT2D eigenvalue weighted by Gasteiger charge is 2.29. The predicted molar refractivity (Wildman–Crippen MR) is 129 cm³/mol. The van der Waals surface area contributed by atoms with Gasteiger partial charge in [0.15, 0.2) is 0 Å². The molecule has 0 spiro atoms. The molecular formula is C27H26N2O5. The number of carbonyl (C=O) groups excluding carboxylic acids is 2. The Morgan fingerprint density at radius 1 is 0.941 bits per heavy atom. The molecule has 3 N–H and O–H groups in total. The summed E-state index contributed by atoms with van der Waals surface area (Å²) in [5.74, 6) is -1.48. The van der Waals surface area contributed by atoms with Crippen molar-refractivity contribution in [3.8, 4) is 11.1 Å². The van der Waals surface area contributed by atoms with E-state index in [1.165, 1.54) is 0 Å². The Balaban J connectivity index is 1.35. The highest BCUT2D eigenvalue weighted by Crippen LogP contribution is 2.44. The van der Waals surface area contributed by atoms with Crippen molar-refractivity contribution in [1.82, 2.24) is 5.32 Å². The lowest BCUT2D eigenvalue weighted by Crippen LogP contribution is -2.29. The molecule has 1 aliphatic rings. The van der Waals surface area contributed by atoms with Gasteiger partial charge in [-0.15, -0.1) is 0 Å². The molecule has 1 atom stereocenters. The van der Waals surface area contributed by atoms with Crippen LogP contribution < -0.4 is 10.6 Å². The number of aliphatic carboxylic acids is 1. The Morgan fingerprint density at radius 3 is 2.24 bits per heavy atom. The van der Waals surface area contributed by atoms with Gasteiger partial charge >= 0.3 is 12.1 Å². The molecule has 2 amide bonds. The van der Waals surface area contributed by atoms with Crippen LogP contribution in [0, 0.1) is 5.92 Å². The summed E-state index contributed by atoms with van der Waals surface area (Å²) in [7, 11) is 0. The number of hydrogen-bond acceptors (Lipinski definition) is 4. The highest BCUT2D eigenvalue weighted by molar-refractivity contribution is 5.96. The second kappa shape index (κ2) is 10.2. The molecule has 0 aromatic heterocycles. The first kappa shape index (κ1) is 23.0. The van der Waals surface area contributed by atoms with Gasteiger partial charge in [0.25, 0.3) is 5.91 Å². The monoisotopic (exact) mass is 458 g/mol. The number of ether oxygens (including phenoxy) is 1.